The Labute approximate surface area is 126 Å². The van der Waals surface area contributed by atoms with Crippen LogP contribution in [0.5, 0.6) is 5.75 Å². The van der Waals surface area contributed by atoms with Crippen LogP contribution in [0.3, 0.4) is 0 Å². The second-order valence-electron chi connectivity index (χ2n) is 5.64. The summed E-state index contributed by atoms with van der Waals surface area (Å²) >= 11 is 0. The van der Waals surface area contributed by atoms with Gasteiger partial charge in [-0.2, -0.15) is 5.26 Å². The van der Waals surface area contributed by atoms with Crippen molar-refractivity contribution < 1.29 is 9.84 Å². The molecule has 0 spiro atoms. The molecular weight excluding hydrogens is 264 g/mol. The maximum Gasteiger partial charge on any atom is 0.122 e. The summed E-state index contributed by atoms with van der Waals surface area (Å²) in [6, 6.07) is 10.3. The lowest BCUT2D eigenvalue weighted by Crippen LogP contribution is -2.45. The van der Waals surface area contributed by atoms with Crippen LogP contribution in [0.1, 0.15) is 31.2 Å². The number of aliphatic hydroxyl groups excluding tert-OH is 1. The molecule has 1 aromatic carbocycles. The molecule has 0 saturated heterocycles. The van der Waals surface area contributed by atoms with Crippen LogP contribution in [-0.4, -0.2) is 30.9 Å². The second-order valence-corrected chi connectivity index (χ2v) is 5.64. The molecule has 1 saturated carbocycles. The number of para-hydroxylation sites is 1. The standard InChI is InChI=1S/C17H24N2O2/c1-19-17(13-18)10-4-6-15(17)9-12-21-16-7-3-2-5-14(16)8-11-20/h2-3,5,7,15,19-20H,4,6,8-12H2,1H3. The van der Waals surface area contributed by atoms with E-state index in [1.54, 1.807) is 0 Å². The van der Waals surface area contributed by atoms with Crippen LogP contribution >= 0.6 is 0 Å². The topological polar surface area (TPSA) is 65.3 Å². The predicted molar refractivity (Wildman–Crippen MR) is 82.1 cm³/mol. The van der Waals surface area contributed by atoms with Crippen molar-refractivity contribution in [2.24, 2.45) is 5.92 Å². The number of hydrogen-bond donors (Lipinski definition) is 2. The molecule has 4 nitrogen and oxygen atoms in total. The van der Waals surface area contributed by atoms with Crippen molar-refractivity contribution in [2.45, 2.75) is 37.6 Å². The van der Waals surface area contributed by atoms with Gasteiger partial charge in [-0.25, -0.2) is 0 Å². The van der Waals surface area contributed by atoms with Crippen LogP contribution in [-0.2, 0) is 6.42 Å². The molecular formula is C17H24N2O2. The molecule has 0 bridgehead atoms. The van der Waals surface area contributed by atoms with E-state index in [2.05, 4.69) is 11.4 Å². The molecule has 21 heavy (non-hydrogen) atoms. The molecule has 0 heterocycles. The Morgan fingerprint density at radius 3 is 3.00 bits per heavy atom. The van der Waals surface area contributed by atoms with Gasteiger partial charge in [0.25, 0.3) is 0 Å². The Bertz CT molecular complexity index is 498. The van der Waals surface area contributed by atoms with Crippen LogP contribution in [0.25, 0.3) is 0 Å². The van der Waals surface area contributed by atoms with Gasteiger partial charge in [-0.3, -0.25) is 0 Å². The van der Waals surface area contributed by atoms with Crippen LogP contribution in [0.2, 0.25) is 0 Å². The van der Waals surface area contributed by atoms with Crippen LogP contribution in [0.4, 0.5) is 0 Å². The van der Waals surface area contributed by atoms with E-state index >= 15 is 0 Å². The van der Waals surface area contributed by atoms with Crippen molar-refractivity contribution in [1.82, 2.24) is 5.32 Å². The summed E-state index contributed by atoms with van der Waals surface area (Å²) in [7, 11) is 1.87. The number of rotatable bonds is 7. The molecule has 2 N–H and O–H groups in total. The van der Waals surface area contributed by atoms with Gasteiger partial charge in [0.2, 0.25) is 0 Å². The average molecular weight is 288 g/mol. The van der Waals surface area contributed by atoms with Gasteiger partial charge in [0.1, 0.15) is 11.3 Å². The van der Waals surface area contributed by atoms with Gasteiger partial charge in [-0.05, 0) is 50.3 Å². The molecule has 2 atom stereocenters. The summed E-state index contributed by atoms with van der Waals surface area (Å²) in [6.45, 7) is 0.735. The number of benzene rings is 1. The average Bonchev–Trinajstić information content (AvgIpc) is 2.93. The van der Waals surface area contributed by atoms with E-state index in [0.717, 1.165) is 37.0 Å². The van der Waals surface area contributed by atoms with Crippen molar-refractivity contribution in [1.29, 1.82) is 5.26 Å². The molecule has 1 aliphatic carbocycles. The van der Waals surface area contributed by atoms with Crippen LogP contribution in [0, 0.1) is 17.2 Å². The minimum Gasteiger partial charge on any atom is -0.493 e. The molecule has 1 aromatic rings. The molecule has 2 rings (SSSR count). The first-order valence-electron chi connectivity index (χ1n) is 7.67. The van der Waals surface area contributed by atoms with Crippen molar-refractivity contribution in [2.75, 3.05) is 20.3 Å². The summed E-state index contributed by atoms with van der Waals surface area (Å²) in [5, 5.41) is 21.7. The van der Waals surface area contributed by atoms with E-state index in [1.165, 1.54) is 0 Å². The zero-order valence-corrected chi connectivity index (χ0v) is 12.6. The van der Waals surface area contributed by atoms with Gasteiger partial charge in [-0.1, -0.05) is 24.6 Å². The first kappa shape index (κ1) is 15.8. The quantitative estimate of drug-likeness (QED) is 0.808. The van der Waals surface area contributed by atoms with Gasteiger partial charge in [-0.15, -0.1) is 0 Å². The van der Waals surface area contributed by atoms with Gasteiger partial charge in [0.15, 0.2) is 0 Å². The van der Waals surface area contributed by atoms with Crippen LogP contribution < -0.4 is 10.1 Å². The first-order chi connectivity index (χ1) is 10.3. The third-order valence-corrected chi connectivity index (χ3v) is 4.54. The summed E-state index contributed by atoms with van der Waals surface area (Å²) in [5.74, 6) is 1.19. The van der Waals surface area contributed by atoms with Crippen molar-refractivity contribution in [3.63, 3.8) is 0 Å². The Morgan fingerprint density at radius 2 is 2.29 bits per heavy atom. The maximum atomic E-state index is 9.44. The van der Waals surface area contributed by atoms with E-state index < -0.39 is 0 Å². The van der Waals surface area contributed by atoms with Gasteiger partial charge >= 0.3 is 0 Å². The van der Waals surface area contributed by atoms with Gasteiger partial charge in [0.05, 0.1) is 12.7 Å². The maximum absolute atomic E-state index is 9.44. The second kappa shape index (κ2) is 7.44. The van der Waals surface area contributed by atoms with Crippen LogP contribution in [0.15, 0.2) is 24.3 Å². The lowest BCUT2D eigenvalue weighted by Gasteiger charge is -2.28. The third-order valence-electron chi connectivity index (χ3n) is 4.54. The van der Waals surface area contributed by atoms with Crippen molar-refractivity contribution in [3.05, 3.63) is 29.8 Å². The first-order valence-corrected chi connectivity index (χ1v) is 7.67. The number of nitriles is 1. The third kappa shape index (κ3) is 3.55. The summed E-state index contributed by atoms with van der Waals surface area (Å²) in [5.41, 5.74) is 0.653. The highest BCUT2D eigenvalue weighted by Gasteiger charge is 2.41. The van der Waals surface area contributed by atoms with Crippen molar-refractivity contribution >= 4 is 0 Å². The smallest absolute Gasteiger partial charge is 0.122 e. The lowest BCUT2D eigenvalue weighted by atomic mass is 9.86. The largest absolute Gasteiger partial charge is 0.493 e. The molecule has 0 amide bonds. The monoisotopic (exact) mass is 288 g/mol. The van der Waals surface area contributed by atoms with E-state index in [9.17, 15) is 5.26 Å². The SMILES string of the molecule is CNC1(C#N)CCCC1CCOc1ccccc1CCO. The summed E-state index contributed by atoms with van der Waals surface area (Å²) in [6.07, 6.45) is 4.59. The molecule has 1 aliphatic rings. The minimum absolute atomic E-state index is 0.125. The Kier molecular flexibility index (Phi) is 5.60. The van der Waals surface area contributed by atoms with E-state index in [0.29, 0.717) is 18.9 Å². The predicted octanol–water partition coefficient (Wildman–Crippen LogP) is 2.27. The number of aliphatic hydroxyl groups is 1. The Morgan fingerprint density at radius 1 is 1.48 bits per heavy atom. The Balaban J connectivity index is 1.91. The molecule has 0 aliphatic heterocycles. The molecule has 1 fully saturated rings. The normalized spacial score (nSPS) is 24.7. The molecule has 2 unspecified atom stereocenters. The Hall–Kier alpha value is -1.57. The highest BCUT2D eigenvalue weighted by atomic mass is 16.5. The lowest BCUT2D eigenvalue weighted by molar-refractivity contribution is 0.236. The van der Waals surface area contributed by atoms with E-state index in [4.69, 9.17) is 9.84 Å². The fraction of sp³-hybridized carbons (Fsp3) is 0.588. The fourth-order valence-electron chi connectivity index (χ4n) is 3.28. The number of ether oxygens (including phenoxy) is 1. The molecule has 4 heteroatoms. The summed E-state index contributed by atoms with van der Waals surface area (Å²) in [4.78, 5) is 0. The summed E-state index contributed by atoms with van der Waals surface area (Å²) < 4.78 is 5.89. The zero-order chi connectivity index (χ0) is 15.1. The van der Waals surface area contributed by atoms with Gasteiger partial charge in [0, 0.05) is 6.61 Å². The number of nitrogens with zero attached hydrogens (tertiary/aromatic N) is 1. The zero-order valence-electron chi connectivity index (χ0n) is 12.6. The highest BCUT2D eigenvalue weighted by molar-refractivity contribution is 5.33. The molecule has 0 aromatic heterocycles. The number of nitrogens with one attached hydrogen (secondary N) is 1. The van der Waals surface area contributed by atoms with E-state index in [-0.39, 0.29) is 12.1 Å². The molecule has 0 radical (unpaired) electrons. The van der Waals surface area contributed by atoms with Gasteiger partial charge < -0.3 is 15.2 Å². The fourth-order valence-corrected chi connectivity index (χ4v) is 3.28. The number of hydrogen-bond acceptors (Lipinski definition) is 4. The molecule has 114 valence electrons. The highest BCUT2D eigenvalue weighted by Crippen LogP contribution is 2.37. The van der Waals surface area contributed by atoms with E-state index in [1.807, 2.05) is 31.3 Å². The minimum atomic E-state index is -0.381. The van der Waals surface area contributed by atoms with Crippen molar-refractivity contribution in [3.8, 4) is 11.8 Å².